The van der Waals surface area contributed by atoms with Gasteiger partial charge in [-0.15, -0.1) is 0 Å². The Balaban J connectivity index is 2.33. The summed E-state index contributed by atoms with van der Waals surface area (Å²) in [5, 5.41) is 13.2. The predicted molar refractivity (Wildman–Crippen MR) is 74.4 cm³/mol. The molecular weight excluding hydrogens is 353 g/mol. The fourth-order valence-electron chi connectivity index (χ4n) is 1.72. The molecule has 0 fully saturated rings. The van der Waals surface area contributed by atoms with Gasteiger partial charge in [-0.3, -0.25) is 10.1 Å². The number of nitro benzene ring substituents is 1. The molecule has 0 aliphatic rings. The fourth-order valence-corrected chi connectivity index (χ4v) is 2.13. The molecular formula is C13H8BrF3N2O2. The van der Waals surface area contributed by atoms with E-state index < -0.39 is 33.7 Å². The molecule has 0 radical (unpaired) electrons. The van der Waals surface area contributed by atoms with Gasteiger partial charge in [0.1, 0.15) is 5.82 Å². The van der Waals surface area contributed by atoms with E-state index in [-0.39, 0.29) is 12.1 Å². The summed E-state index contributed by atoms with van der Waals surface area (Å²) < 4.78 is 41.0. The summed E-state index contributed by atoms with van der Waals surface area (Å²) in [5.74, 6) is -3.16. The highest BCUT2D eigenvalue weighted by molar-refractivity contribution is 9.10. The van der Waals surface area contributed by atoms with Crippen LogP contribution in [-0.4, -0.2) is 4.92 Å². The van der Waals surface area contributed by atoms with Crippen molar-refractivity contribution in [1.29, 1.82) is 0 Å². The molecule has 0 saturated carbocycles. The zero-order valence-corrected chi connectivity index (χ0v) is 12.0. The molecule has 110 valence electrons. The second kappa shape index (κ2) is 6.13. The number of rotatable bonds is 4. The van der Waals surface area contributed by atoms with Crippen molar-refractivity contribution in [2.24, 2.45) is 0 Å². The first-order chi connectivity index (χ1) is 9.90. The molecule has 1 N–H and O–H groups in total. The summed E-state index contributed by atoms with van der Waals surface area (Å²) in [6.07, 6.45) is 0. The predicted octanol–water partition coefficient (Wildman–Crippen LogP) is 4.39. The van der Waals surface area contributed by atoms with Crippen LogP contribution in [0.3, 0.4) is 0 Å². The average Bonchev–Trinajstić information content (AvgIpc) is 2.43. The molecule has 2 rings (SSSR count). The number of nitrogens with one attached hydrogen (secondary N) is 1. The van der Waals surface area contributed by atoms with Crippen LogP contribution in [0.4, 0.5) is 24.5 Å². The normalized spacial score (nSPS) is 10.5. The van der Waals surface area contributed by atoms with Gasteiger partial charge in [-0.1, -0.05) is 15.9 Å². The molecule has 4 nitrogen and oxygen atoms in total. The number of hydrogen-bond donors (Lipinski definition) is 1. The van der Waals surface area contributed by atoms with Crippen LogP contribution in [0, 0.1) is 27.6 Å². The van der Waals surface area contributed by atoms with Crippen LogP contribution in [-0.2, 0) is 6.54 Å². The van der Waals surface area contributed by atoms with E-state index in [0.717, 1.165) is 6.07 Å². The molecule has 0 amide bonds. The largest absolute Gasteiger partial charge is 0.373 e. The van der Waals surface area contributed by atoms with Crippen molar-refractivity contribution in [2.75, 3.05) is 5.32 Å². The van der Waals surface area contributed by atoms with Crippen LogP contribution in [0.25, 0.3) is 0 Å². The SMILES string of the molecule is O=[N+]([O-])c1ccc(F)c(F)c1NCc1cc(Br)ccc1F. The lowest BCUT2D eigenvalue weighted by Crippen LogP contribution is -2.07. The van der Waals surface area contributed by atoms with Crippen molar-refractivity contribution in [3.63, 3.8) is 0 Å². The van der Waals surface area contributed by atoms with E-state index in [1.54, 1.807) is 0 Å². The lowest BCUT2D eigenvalue weighted by atomic mass is 10.2. The first kappa shape index (κ1) is 15.3. The first-order valence-electron chi connectivity index (χ1n) is 5.70. The van der Waals surface area contributed by atoms with Gasteiger partial charge in [0.25, 0.3) is 5.69 Å². The smallest absolute Gasteiger partial charge is 0.295 e. The van der Waals surface area contributed by atoms with Crippen molar-refractivity contribution in [1.82, 2.24) is 0 Å². The minimum Gasteiger partial charge on any atom is -0.373 e. The summed E-state index contributed by atoms with van der Waals surface area (Å²) in [7, 11) is 0. The molecule has 0 bridgehead atoms. The van der Waals surface area contributed by atoms with Crippen LogP contribution >= 0.6 is 15.9 Å². The molecule has 2 aromatic carbocycles. The lowest BCUT2D eigenvalue weighted by molar-refractivity contribution is -0.384. The Hall–Kier alpha value is -2.09. The maximum atomic E-state index is 13.7. The number of hydrogen-bond acceptors (Lipinski definition) is 3. The summed E-state index contributed by atoms with van der Waals surface area (Å²) >= 11 is 3.15. The molecule has 0 aromatic heterocycles. The molecule has 0 atom stereocenters. The highest BCUT2D eigenvalue weighted by Gasteiger charge is 2.21. The van der Waals surface area contributed by atoms with Gasteiger partial charge < -0.3 is 5.32 Å². The number of anilines is 1. The topological polar surface area (TPSA) is 55.2 Å². The third-order valence-electron chi connectivity index (χ3n) is 2.73. The van der Waals surface area contributed by atoms with E-state index in [1.165, 1.54) is 18.2 Å². The minimum absolute atomic E-state index is 0.155. The van der Waals surface area contributed by atoms with Gasteiger partial charge in [-0.2, -0.15) is 0 Å². The standard InChI is InChI=1S/C13H8BrF3N2O2/c14-8-1-2-9(15)7(5-8)6-18-13-11(19(20)21)4-3-10(16)12(13)17/h1-5,18H,6H2. The third kappa shape index (κ3) is 3.33. The Kier molecular flexibility index (Phi) is 4.46. The summed E-state index contributed by atoms with van der Waals surface area (Å²) in [6.45, 7) is -0.230. The van der Waals surface area contributed by atoms with Gasteiger partial charge in [-0.05, 0) is 24.3 Å². The molecule has 0 saturated heterocycles. The van der Waals surface area contributed by atoms with Crippen molar-refractivity contribution in [3.8, 4) is 0 Å². The van der Waals surface area contributed by atoms with Gasteiger partial charge in [0, 0.05) is 22.6 Å². The van der Waals surface area contributed by atoms with Gasteiger partial charge in [0.05, 0.1) is 4.92 Å². The molecule has 21 heavy (non-hydrogen) atoms. The Morgan fingerprint density at radius 3 is 2.48 bits per heavy atom. The fraction of sp³-hybridized carbons (Fsp3) is 0.0769. The van der Waals surface area contributed by atoms with Crippen LogP contribution in [0.15, 0.2) is 34.8 Å². The average molecular weight is 361 g/mol. The van der Waals surface area contributed by atoms with E-state index in [4.69, 9.17) is 0 Å². The van der Waals surface area contributed by atoms with Crippen molar-refractivity contribution in [2.45, 2.75) is 6.54 Å². The van der Waals surface area contributed by atoms with E-state index in [2.05, 4.69) is 21.2 Å². The molecule has 0 aliphatic carbocycles. The third-order valence-corrected chi connectivity index (χ3v) is 3.23. The molecule has 0 heterocycles. The number of nitrogens with zero attached hydrogens (tertiary/aromatic N) is 1. The van der Waals surface area contributed by atoms with Gasteiger partial charge in [-0.25, -0.2) is 13.2 Å². The highest BCUT2D eigenvalue weighted by atomic mass is 79.9. The van der Waals surface area contributed by atoms with E-state index in [0.29, 0.717) is 10.5 Å². The second-order valence-electron chi connectivity index (χ2n) is 4.10. The van der Waals surface area contributed by atoms with Gasteiger partial charge >= 0.3 is 0 Å². The number of halogens is 4. The van der Waals surface area contributed by atoms with Crippen LogP contribution < -0.4 is 5.32 Å². The zero-order chi connectivity index (χ0) is 15.6. The summed E-state index contributed by atoms with van der Waals surface area (Å²) in [4.78, 5) is 9.97. The van der Waals surface area contributed by atoms with Crippen LogP contribution in [0.5, 0.6) is 0 Å². The minimum atomic E-state index is -1.38. The molecule has 2 aromatic rings. The Bertz CT molecular complexity index is 710. The molecule has 0 spiro atoms. The maximum absolute atomic E-state index is 13.7. The first-order valence-corrected chi connectivity index (χ1v) is 6.49. The Labute approximate surface area is 125 Å². The van der Waals surface area contributed by atoms with Gasteiger partial charge in [0.15, 0.2) is 17.3 Å². The summed E-state index contributed by atoms with van der Waals surface area (Å²) in [5.41, 5.74) is -1.08. The van der Waals surface area contributed by atoms with Crippen molar-refractivity contribution >= 4 is 27.3 Å². The highest BCUT2D eigenvalue weighted by Crippen LogP contribution is 2.29. The molecule has 8 heteroatoms. The maximum Gasteiger partial charge on any atom is 0.295 e. The summed E-state index contributed by atoms with van der Waals surface area (Å²) in [6, 6.07) is 5.61. The Morgan fingerprint density at radius 1 is 1.14 bits per heavy atom. The van der Waals surface area contributed by atoms with Gasteiger partial charge in [0.2, 0.25) is 0 Å². The number of benzene rings is 2. The Morgan fingerprint density at radius 2 is 1.81 bits per heavy atom. The quantitative estimate of drug-likeness (QED) is 0.649. The zero-order valence-electron chi connectivity index (χ0n) is 10.4. The molecule has 0 unspecified atom stereocenters. The van der Waals surface area contributed by atoms with Crippen molar-refractivity contribution in [3.05, 3.63) is 67.9 Å². The second-order valence-corrected chi connectivity index (χ2v) is 5.02. The van der Waals surface area contributed by atoms with Crippen LogP contribution in [0.1, 0.15) is 5.56 Å². The van der Waals surface area contributed by atoms with E-state index in [1.807, 2.05) is 0 Å². The van der Waals surface area contributed by atoms with E-state index >= 15 is 0 Å². The van der Waals surface area contributed by atoms with Crippen molar-refractivity contribution < 1.29 is 18.1 Å². The van der Waals surface area contributed by atoms with Crippen LogP contribution in [0.2, 0.25) is 0 Å². The number of nitro groups is 1. The molecule has 0 aliphatic heterocycles. The van der Waals surface area contributed by atoms with E-state index in [9.17, 15) is 23.3 Å². The monoisotopic (exact) mass is 360 g/mol. The lowest BCUT2D eigenvalue weighted by Gasteiger charge is -2.10.